The van der Waals surface area contributed by atoms with Gasteiger partial charge < -0.3 is 25.6 Å². The fourth-order valence-electron chi connectivity index (χ4n) is 3.82. The van der Waals surface area contributed by atoms with Crippen molar-refractivity contribution in [3.05, 3.63) is 59.7 Å². The maximum Gasteiger partial charge on any atom is 0.407 e. The fraction of sp³-hybridized carbons (Fsp3) is 0.375. The summed E-state index contributed by atoms with van der Waals surface area (Å²) in [5.41, 5.74) is 2.80. The third-order valence-electron chi connectivity index (χ3n) is 5.68. The zero-order chi connectivity index (χ0) is 23.3. The summed E-state index contributed by atoms with van der Waals surface area (Å²) in [6.07, 6.45) is -0.586. The van der Waals surface area contributed by atoms with Crippen molar-refractivity contribution in [2.75, 3.05) is 19.8 Å². The van der Waals surface area contributed by atoms with Crippen molar-refractivity contribution in [3.8, 4) is 11.1 Å². The SMILES string of the molecule is CC(CNC(=O)OCC1c2ccccc2-c2ccccc21)CC(=O)NC(C)(CO)C(=O)O. The van der Waals surface area contributed by atoms with Crippen LogP contribution in [0.15, 0.2) is 48.5 Å². The molecule has 0 bridgehead atoms. The Balaban J connectivity index is 1.49. The van der Waals surface area contributed by atoms with Crippen molar-refractivity contribution in [2.24, 2.45) is 5.92 Å². The van der Waals surface area contributed by atoms with E-state index in [0.717, 1.165) is 22.3 Å². The second-order valence-corrected chi connectivity index (χ2v) is 8.36. The van der Waals surface area contributed by atoms with E-state index in [1.807, 2.05) is 36.4 Å². The van der Waals surface area contributed by atoms with Crippen molar-refractivity contribution in [2.45, 2.75) is 31.7 Å². The number of ether oxygens (including phenoxy) is 1. The lowest BCUT2D eigenvalue weighted by atomic mass is 9.98. The number of aliphatic hydroxyl groups is 1. The van der Waals surface area contributed by atoms with Gasteiger partial charge in [0.25, 0.3) is 0 Å². The van der Waals surface area contributed by atoms with Gasteiger partial charge in [0.2, 0.25) is 5.91 Å². The van der Waals surface area contributed by atoms with E-state index in [9.17, 15) is 19.5 Å². The minimum atomic E-state index is -1.74. The van der Waals surface area contributed by atoms with E-state index in [1.54, 1.807) is 6.92 Å². The number of benzene rings is 2. The summed E-state index contributed by atoms with van der Waals surface area (Å²) in [5.74, 6) is -2.14. The molecule has 1 aliphatic carbocycles. The Bertz CT molecular complexity index is 962. The molecule has 2 aromatic rings. The molecule has 1 aliphatic rings. The van der Waals surface area contributed by atoms with Gasteiger partial charge in [-0.15, -0.1) is 0 Å². The molecule has 32 heavy (non-hydrogen) atoms. The molecule has 0 heterocycles. The largest absolute Gasteiger partial charge is 0.479 e. The lowest BCUT2D eigenvalue weighted by molar-refractivity contribution is -0.148. The van der Waals surface area contributed by atoms with Crippen molar-refractivity contribution in [1.82, 2.24) is 10.6 Å². The van der Waals surface area contributed by atoms with Gasteiger partial charge in [-0.05, 0) is 35.1 Å². The monoisotopic (exact) mass is 440 g/mol. The maximum absolute atomic E-state index is 12.2. The van der Waals surface area contributed by atoms with Crippen LogP contribution in [0.2, 0.25) is 0 Å². The first kappa shape index (κ1) is 23.3. The number of rotatable bonds is 9. The molecule has 170 valence electrons. The molecule has 0 radical (unpaired) electrons. The highest BCUT2D eigenvalue weighted by molar-refractivity contribution is 5.87. The average Bonchev–Trinajstić information content (AvgIpc) is 3.09. The summed E-state index contributed by atoms with van der Waals surface area (Å²) in [5, 5.41) is 23.3. The topological polar surface area (TPSA) is 125 Å². The fourth-order valence-corrected chi connectivity index (χ4v) is 3.82. The normalized spacial score (nSPS) is 15.1. The van der Waals surface area contributed by atoms with E-state index in [-0.39, 0.29) is 31.4 Å². The molecule has 2 amide bonds. The second-order valence-electron chi connectivity index (χ2n) is 8.36. The number of carboxylic acid groups (broad SMARTS) is 1. The predicted octanol–water partition coefficient (Wildman–Crippen LogP) is 2.50. The lowest BCUT2D eigenvalue weighted by Crippen LogP contribution is -2.55. The quantitative estimate of drug-likeness (QED) is 0.475. The van der Waals surface area contributed by atoms with E-state index in [4.69, 9.17) is 9.84 Å². The Kier molecular flexibility index (Phi) is 7.15. The summed E-state index contributed by atoms with van der Waals surface area (Å²) in [6, 6.07) is 16.1. The molecule has 3 rings (SSSR count). The first-order valence-electron chi connectivity index (χ1n) is 10.5. The number of carbonyl (C=O) groups excluding carboxylic acids is 2. The highest BCUT2D eigenvalue weighted by atomic mass is 16.5. The number of aliphatic carboxylic acids is 1. The predicted molar refractivity (Wildman–Crippen MR) is 118 cm³/mol. The molecule has 2 unspecified atom stereocenters. The van der Waals surface area contributed by atoms with E-state index < -0.39 is 30.1 Å². The first-order chi connectivity index (χ1) is 15.2. The molecule has 2 aromatic carbocycles. The number of aliphatic hydroxyl groups excluding tert-OH is 1. The summed E-state index contributed by atoms with van der Waals surface area (Å²) in [7, 11) is 0. The van der Waals surface area contributed by atoms with E-state index in [2.05, 4.69) is 22.8 Å². The summed E-state index contributed by atoms with van der Waals surface area (Å²) < 4.78 is 5.46. The molecule has 0 aliphatic heterocycles. The van der Waals surface area contributed by atoms with Gasteiger partial charge in [-0.2, -0.15) is 0 Å². The summed E-state index contributed by atoms with van der Waals surface area (Å²) >= 11 is 0. The van der Waals surface area contributed by atoms with Crippen molar-refractivity contribution < 1.29 is 29.3 Å². The highest BCUT2D eigenvalue weighted by Gasteiger charge is 2.34. The van der Waals surface area contributed by atoms with Gasteiger partial charge in [-0.1, -0.05) is 55.5 Å². The van der Waals surface area contributed by atoms with Crippen LogP contribution in [0.25, 0.3) is 11.1 Å². The molecule has 8 nitrogen and oxygen atoms in total. The van der Waals surface area contributed by atoms with Crippen LogP contribution in [0.1, 0.15) is 37.3 Å². The van der Waals surface area contributed by atoms with E-state index >= 15 is 0 Å². The van der Waals surface area contributed by atoms with Gasteiger partial charge in [0.1, 0.15) is 6.61 Å². The number of nitrogens with one attached hydrogen (secondary N) is 2. The molecule has 0 fully saturated rings. The minimum absolute atomic E-state index is 0.00741. The van der Waals surface area contributed by atoms with Crippen LogP contribution in [0.5, 0.6) is 0 Å². The number of carbonyl (C=O) groups is 3. The molecule has 0 saturated carbocycles. The maximum atomic E-state index is 12.2. The van der Waals surface area contributed by atoms with Gasteiger partial charge >= 0.3 is 12.1 Å². The summed E-state index contributed by atoms with van der Waals surface area (Å²) in [4.78, 5) is 35.5. The Morgan fingerprint density at radius 2 is 1.62 bits per heavy atom. The highest BCUT2D eigenvalue weighted by Crippen LogP contribution is 2.44. The van der Waals surface area contributed by atoms with Crippen LogP contribution in [-0.4, -0.2) is 53.5 Å². The Labute approximate surface area is 186 Å². The van der Waals surface area contributed by atoms with Gasteiger partial charge in [0, 0.05) is 18.9 Å². The van der Waals surface area contributed by atoms with Crippen LogP contribution < -0.4 is 10.6 Å². The zero-order valence-electron chi connectivity index (χ0n) is 18.1. The molecular weight excluding hydrogens is 412 g/mol. The number of hydrogen-bond acceptors (Lipinski definition) is 5. The first-order valence-corrected chi connectivity index (χ1v) is 10.5. The Hall–Kier alpha value is -3.39. The van der Waals surface area contributed by atoms with Crippen LogP contribution in [0, 0.1) is 5.92 Å². The van der Waals surface area contributed by atoms with Crippen molar-refractivity contribution in [1.29, 1.82) is 0 Å². The average molecular weight is 440 g/mol. The zero-order valence-corrected chi connectivity index (χ0v) is 18.1. The molecule has 4 N–H and O–H groups in total. The van der Waals surface area contributed by atoms with Crippen LogP contribution >= 0.6 is 0 Å². The molecule has 8 heteroatoms. The molecule has 2 atom stereocenters. The van der Waals surface area contributed by atoms with Gasteiger partial charge in [0.05, 0.1) is 6.61 Å². The van der Waals surface area contributed by atoms with Crippen LogP contribution in [0.3, 0.4) is 0 Å². The number of amides is 2. The van der Waals surface area contributed by atoms with Crippen LogP contribution in [-0.2, 0) is 14.3 Å². The second kappa shape index (κ2) is 9.82. The van der Waals surface area contributed by atoms with Gasteiger partial charge in [-0.25, -0.2) is 9.59 Å². The molecular formula is C24H28N2O6. The molecule has 0 aromatic heterocycles. The smallest absolute Gasteiger partial charge is 0.407 e. The van der Waals surface area contributed by atoms with Crippen molar-refractivity contribution >= 4 is 18.0 Å². The van der Waals surface area contributed by atoms with E-state index in [1.165, 1.54) is 6.92 Å². The molecule has 0 saturated heterocycles. The number of alkyl carbamates (subject to hydrolysis) is 1. The minimum Gasteiger partial charge on any atom is -0.479 e. The number of carboxylic acids is 1. The standard InChI is InChI=1S/C24H28N2O6/c1-15(11-21(28)26-24(2,14-27)22(29)30)12-25-23(31)32-13-20-18-9-5-3-7-16(18)17-8-4-6-10-19(17)20/h3-10,15,20,27H,11-14H2,1-2H3,(H,25,31)(H,26,28)(H,29,30). The van der Waals surface area contributed by atoms with Crippen molar-refractivity contribution in [3.63, 3.8) is 0 Å². The third-order valence-corrected chi connectivity index (χ3v) is 5.68. The third kappa shape index (κ3) is 5.08. The van der Waals surface area contributed by atoms with Gasteiger partial charge in [0.15, 0.2) is 5.54 Å². The number of hydrogen-bond donors (Lipinski definition) is 4. The van der Waals surface area contributed by atoms with E-state index in [0.29, 0.717) is 0 Å². The summed E-state index contributed by atoms with van der Waals surface area (Å²) in [6.45, 7) is 2.64. The lowest BCUT2D eigenvalue weighted by Gasteiger charge is -2.24. The number of fused-ring (bicyclic) bond motifs is 3. The molecule has 0 spiro atoms. The van der Waals surface area contributed by atoms with Gasteiger partial charge in [-0.3, -0.25) is 4.79 Å². The Morgan fingerprint density at radius 3 is 2.16 bits per heavy atom. The Morgan fingerprint density at radius 1 is 1.06 bits per heavy atom. The van der Waals surface area contributed by atoms with Crippen LogP contribution in [0.4, 0.5) is 4.79 Å².